The van der Waals surface area contributed by atoms with Crippen LogP contribution in [0.15, 0.2) is 6.20 Å². The van der Waals surface area contributed by atoms with E-state index in [1.54, 1.807) is 0 Å². The highest BCUT2D eigenvalue weighted by Crippen LogP contribution is 2.20. The fraction of sp³-hybridized carbons (Fsp3) is 0.545. The van der Waals surface area contributed by atoms with Gasteiger partial charge in [0.25, 0.3) is 0 Å². The smallest absolute Gasteiger partial charge is 0.318 e. The maximum Gasteiger partial charge on any atom is 0.318 e. The SMILES string of the molecule is COc1ncc(Cl)c(NCCC(=O)NC2CC2)n1. The van der Waals surface area contributed by atoms with E-state index in [0.717, 1.165) is 12.8 Å². The number of carbonyl (C=O) groups is 1. The van der Waals surface area contributed by atoms with Crippen LogP contribution >= 0.6 is 11.6 Å². The molecule has 0 bridgehead atoms. The second-order valence-corrected chi connectivity index (χ2v) is 4.48. The molecule has 2 N–H and O–H groups in total. The first-order valence-corrected chi connectivity index (χ1v) is 6.16. The Bertz CT molecular complexity index is 437. The number of halogens is 1. The summed E-state index contributed by atoms with van der Waals surface area (Å²) in [5.41, 5.74) is 0. The molecule has 1 saturated carbocycles. The topological polar surface area (TPSA) is 76.1 Å². The summed E-state index contributed by atoms with van der Waals surface area (Å²) in [5.74, 6) is 0.518. The number of nitrogens with zero attached hydrogens (tertiary/aromatic N) is 2. The molecule has 0 spiro atoms. The first-order chi connectivity index (χ1) is 8.69. The lowest BCUT2D eigenvalue weighted by Gasteiger charge is -2.08. The zero-order chi connectivity index (χ0) is 13.0. The Morgan fingerprint density at radius 2 is 2.39 bits per heavy atom. The molecule has 18 heavy (non-hydrogen) atoms. The van der Waals surface area contributed by atoms with E-state index < -0.39 is 0 Å². The van der Waals surface area contributed by atoms with Crippen molar-refractivity contribution >= 4 is 23.3 Å². The van der Waals surface area contributed by atoms with Gasteiger partial charge in [0, 0.05) is 19.0 Å². The fourth-order valence-corrected chi connectivity index (χ4v) is 1.55. The van der Waals surface area contributed by atoms with E-state index in [-0.39, 0.29) is 11.9 Å². The van der Waals surface area contributed by atoms with Gasteiger partial charge in [-0.1, -0.05) is 11.6 Å². The van der Waals surface area contributed by atoms with Crippen molar-refractivity contribution in [2.75, 3.05) is 19.0 Å². The van der Waals surface area contributed by atoms with Crippen LogP contribution in [-0.4, -0.2) is 35.6 Å². The number of aromatic nitrogens is 2. The third-order valence-electron chi connectivity index (χ3n) is 2.49. The molecule has 0 aliphatic heterocycles. The zero-order valence-corrected chi connectivity index (χ0v) is 10.8. The van der Waals surface area contributed by atoms with Gasteiger partial charge in [-0.2, -0.15) is 4.98 Å². The molecular formula is C11H15ClN4O2. The summed E-state index contributed by atoms with van der Waals surface area (Å²) in [6, 6.07) is 0.629. The largest absolute Gasteiger partial charge is 0.467 e. The summed E-state index contributed by atoms with van der Waals surface area (Å²) >= 11 is 5.92. The number of hydrogen-bond acceptors (Lipinski definition) is 5. The van der Waals surface area contributed by atoms with Crippen molar-refractivity contribution in [1.29, 1.82) is 0 Å². The Morgan fingerprint density at radius 1 is 1.61 bits per heavy atom. The minimum Gasteiger partial charge on any atom is -0.467 e. The minimum atomic E-state index is 0.0437. The van der Waals surface area contributed by atoms with Crippen LogP contribution in [0.25, 0.3) is 0 Å². The highest BCUT2D eigenvalue weighted by molar-refractivity contribution is 6.32. The third kappa shape index (κ3) is 3.73. The lowest BCUT2D eigenvalue weighted by atomic mass is 10.4. The molecule has 0 saturated heterocycles. The van der Waals surface area contributed by atoms with E-state index in [0.29, 0.717) is 29.8 Å². The van der Waals surface area contributed by atoms with Gasteiger partial charge in [0.15, 0.2) is 5.82 Å². The molecule has 0 aromatic carbocycles. The van der Waals surface area contributed by atoms with E-state index in [2.05, 4.69) is 20.6 Å². The molecule has 1 fully saturated rings. The molecule has 98 valence electrons. The lowest BCUT2D eigenvalue weighted by molar-refractivity contribution is -0.120. The fourth-order valence-electron chi connectivity index (χ4n) is 1.40. The zero-order valence-electron chi connectivity index (χ0n) is 10.1. The molecule has 1 aromatic rings. The number of methoxy groups -OCH3 is 1. The number of nitrogens with one attached hydrogen (secondary N) is 2. The molecule has 1 amide bonds. The van der Waals surface area contributed by atoms with Gasteiger partial charge in [-0.15, -0.1) is 0 Å². The molecule has 1 aromatic heterocycles. The van der Waals surface area contributed by atoms with E-state index in [1.807, 2.05) is 0 Å². The van der Waals surface area contributed by atoms with Gasteiger partial charge in [-0.05, 0) is 12.8 Å². The predicted molar refractivity (Wildman–Crippen MR) is 67.9 cm³/mol. The van der Waals surface area contributed by atoms with Gasteiger partial charge in [0.2, 0.25) is 5.91 Å². The summed E-state index contributed by atoms with van der Waals surface area (Å²) in [6.07, 6.45) is 4.03. The van der Waals surface area contributed by atoms with Crippen molar-refractivity contribution in [2.45, 2.75) is 25.3 Å². The number of hydrogen-bond donors (Lipinski definition) is 2. The Labute approximate surface area is 110 Å². The van der Waals surface area contributed by atoms with Crippen molar-refractivity contribution < 1.29 is 9.53 Å². The highest BCUT2D eigenvalue weighted by atomic mass is 35.5. The normalized spacial score (nSPS) is 14.1. The maximum atomic E-state index is 11.5. The second-order valence-electron chi connectivity index (χ2n) is 4.07. The highest BCUT2D eigenvalue weighted by Gasteiger charge is 2.22. The summed E-state index contributed by atoms with van der Waals surface area (Å²) in [5, 5.41) is 6.30. The molecule has 1 aliphatic rings. The first kappa shape index (κ1) is 12.9. The van der Waals surface area contributed by atoms with Gasteiger partial charge in [0.1, 0.15) is 5.02 Å². The summed E-state index contributed by atoms with van der Waals surface area (Å²) in [4.78, 5) is 19.4. The van der Waals surface area contributed by atoms with Crippen LogP contribution in [0.1, 0.15) is 19.3 Å². The lowest BCUT2D eigenvalue weighted by Crippen LogP contribution is -2.27. The Balaban J connectivity index is 1.79. The average molecular weight is 271 g/mol. The number of rotatable bonds is 6. The summed E-state index contributed by atoms with van der Waals surface area (Å²) in [7, 11) is 1.48. The Hall–Kier alpha value is -1.56. The number of carbonyl (C=O) groups excluding carboxylic acids is 1. The van der Waals surface area contributed by atoms with Gasteiger partial charge >= 0.3 is 6.01 Å². The monoisotopic (exact) mass is 270 g/mol. The maximum absolute atomic E-state index is 11.5. The molecule has 7 heteroatoms. The van der Waals surface area contributed by atoms with Crippen LogP contribution < -0.4 is 15.4 Å². The molecule has 0 unspecified atom stereocenters. The van der Waals surface area contributed by atoms with E-state index in [9.17, 15) is 4.79 Å². The molecule has 0 atom stereocenters. The van der Waals surface area contributed by atoms with Crippen molar-refractivity contribution in [3.05, 3.63) is 11.2 Å². The van der Waals surface area contributed by atoms with Gasteiger partial charge < -0.3 is 15.4 Å². The van der Waals surface area contributed by atoms with Crippen molar-refractivity contribution in [2.24, 2.45) is 0 Å². The quantitative estimate of drug-likeness (QED) is 0.813. The number of anilines is 1. The molecule has 0 radical (unpaired) electrons. The molecule has 1 aliphatic carbocycles. The Kier molecular flexibility index (Phi) is 4.19. The number of amides is 1. The predicted octanol–water partition coefficient (Wildman–Crippen LogP) is 1.22. The van der Waals surface area contributed by atoms with Crippen LogP contribution in [0.3, 0.4) is 0 Å². The van der Waals surface area contributed by atoms with Gasteiger partial charge in [0.05, 0.1) is 13.3 Å². The van der Waals surface area contributed by atoms with Crippen molar-refractivity contribution in [3.8, 4) is 6.01 Å². The molecule has 6 nitrogen and oxygen atoms in total. The Morgan fingerprint density at radius 3 is 3.06 bits per heavy atom. The van der Waals surface area contributed by atoms with E-state index in [4.69, 9.17) is 16.3 Å². The number of ether oxygens (including phenoxy) is 1. The standard InChI is InChI=1S/C11H15ClN4O2/c1-18-11-14-6-8(12)10(16-11)13-5-4-9(17)15-7-2-3-7/h6-7H,2-5H2,1H3,(H,15,17)(H,13,14,16). The van der Waals surface area contributed by atoms with E-state index >= 15 is 0 Å². The van der Waals surface area contributed by atoms with Crippen LogP contribution in [0.2, 0.25) is 5.02 Å². The van der Waals surface area contributed by atoms with Crippen LogP contribution in [0, 0.1) is 0 Å². The molecular weight excluding hydrogens is 256 g/mol. The summed E-state index contributed by atoms with van der Waals surface area (Å²) in [6.45, 7) is 0.471. The minimum absolute atomic E-state index is 0.0437. The first-order valence-electron chi connectivity index (χ1n) is 5.79. The molecule has 2 rings (SSSR count). The summed E-state index contributed by atoms with van der Waals surface area (Å²) < 4.78 is 4.90. The van der Waals surface area contributed by atoms with Gasteiger partial charge in [-0.3, -0.25) is 4.79 Å². The average Bonchev–Trinajstić information content (AvgIpc) is 3.15. The second kappa shape index (κ2) is 5.86. The molecule has 1 heterocycles. The van der Waals surface area contributed by atoms with Crippen molar-refractivity contribution in [1.82, 2.24) is 15.3 Å². The van der Waals surface area contributed by atoms with Crippen LogP contribution in [0.5, 0.6) is 6.01 Å². The van der Waals surface area contributed by atoms with Gasteiger partial charge in [-0.25, -0.2) is 4.98 Å². The third-order valence-corrected chi connectivity index (χ3v) is 2.77. The van der Waals surface area contributed by atoms with Crippen molar-refractivity contribution in [3.63, 3.8) is 0 Å². The van der Waals surface area contributed by atoms with Crippen LogP contribution in [0.4, 0.5) is 5.82 Å². The van der Waals surface area contributed by atoms with E-state index in [1.165, 1.54) is 13.3 Å². The van der Waals surface area contributed by atoms with Crippen LogP contribution in [-0.2, 0) is 4.79 Å².